The molecule has 1 aliphatic carbocycles. The van der Waals surface area contributed by atoms with Crippen molar-refractivity contribution < 1.29 is 4.79 Å². The fourth-order valence-corrected chi connectivity index (χ4v) is 4.56. The highest BCUT2D eigenvalue weighted by atomic mass is 35.5. The minimum absolute atomic E-state index is 0.0810. The fraction of sp³-hybridized carbons (Fsp3) is 0.550. The van der Waals surface area contributed by atoms with Gasteiger partial charge in [-0.25, -0.2) is 0 Å². The van der Waals surface area contributed by atoms with Gasteiger partial charge in [-0.15, -0.1) is 10.2 Å². The van der Waals surface area contributed by atoms with Crippen molar-refractivity contribution in [2.24, 2.45) is 5.92 Å². The summed E-state index contributed by atoms with van der Waals surface area (Å²) in [6.07, 6.45) is 4.74. The number of hydrogen-bond acceptors (Lipinski definition) is 4. The van der Waals surface area contributed by atoms with Crippen LogP contribution in [0.3, 0.4) is 0 Å². The summed E-state index contributed by atoms with van der Waals surface area (Å²) in [5, 5.41) is 13.2. The van der Waals surface area contributed by atoms with Crippen molar-refractivity contribution >= 4 is 29.3 Å². The highest BCUT2D eigenvalue weighted by Crippen LogP contribution is 2.28. The lowest BCUT2D eigenvalue weighted by Gasteiger charge is -2.30. The van der Waals surface area contributed by atoms with Gasteiger partial charge in [0.05, 0.1) is 5.25 Å². The van der Waals surface area contributed by atoms with E-state index in [0.29, 0.717) is 17.0 Å². The van der Waals surface area contributed by atoms with Gasteiger partial charge in [-0.05, 0) is 56.9 Å². The maximum absolute atomic E-state index is 12.7. The second-order valence-electron chi connectivity index (χ2n) is 7.19. The van der Waals surface area contributed by atoms with Crippen LogP contribution < -0.4 is 5.32 Å². The molecular weight excluding hydrogens is 380 g/mol. The first-order chi connectivity index (χ1) is 13.0. The van der Waals surface area contributed by atoms with Crippen LogP contribution in [0.2, 0.25) is 5.02 Å². The highest BCUT2D eigenvalue weighted by molar-refractivity contribution is 8.00. The topological polar surface area (TPSA) is 59.8 Å². The summed E-state index contributed by atoms with van der Waals surface area (Å²) in [4.78, 5) is 12.7. The molecule has 1 fully saturated rings. The van der Waals surface area contributed by atoms with Crippen LogP contribution in [0.1, 0.15) is 46.5 Å². The van der Waals surface area contributed by atoms with Crippen LogP contribution in [0, 0.1) is 5.92 Å². The van der Waals surface area contributed by atoms with Crippen LogP contribution >= 0.6 is 23.4 Å². The summed E-state index contributed by atoms with van der Waals surface area (Å²) in [5.74, 6) is 1.43. The Morgan fingerprint density at radius 2 is 2.00 bits per heavy atom. The smallest absolute Gasteiger partial charge is 0.233 e. The standard InChI is InChI=1S/C20H27ClN4OS/c1-4-25-18(15-9-11-16(21)12-10-15)23-24-20(25)27-14(3)19(26)22-17-8-6-5-7-13(17)2/h9-14,17H,4-8H2,1-3H3,(H,22,26). The molecule has 3 atom stereocenters. The van der Waals surface area contributed by atoms with Crippen molar-refractivity contribution in [3.63, 3.8) is 0 Å². The van der Waals surface area contributed by atoms with Gasteiger partial charge in [0, 0.05) is 23.2 Å². The van der Waals surface area contributed by atoms with Gasteiger partial charge in [0.15, 0.2) is 11.0 Å². The second-order valence-corrected chi connectivity index (χ2v) is 8.94. The Morgan fingerprint density at radius 3 is 2.67 bits per heavy atom. The lowest BCUT2D eigenvalue weighted by molar-refractivity contribution is -0.121. The first-order valence-electron chi connectivity index (χ1n) is 9.65. The highest BCUT2D eigenvalue weighted by Gasteiger charge is 2.26. The van der Waals surface area contributed by atoms with E-state index >= 15 is 0 Å². The summed E-state index contributed by atoms with van der Waals surface area (Å²) in [5.41, 5.74) is 0.966. The molecule has 0 radical (unpaired) electrons. The van der Waals surface area contributed by atoms with Crippen LogP contribution in [0.15, 0.2) is 29.4 Å². The third-order valence-corrected chi connectivity index (χ3v) is 6.56. The van der Waals surface area contributed by atoms with Crippen LogP contribution in [-0.2, 0) is 11.3 Å². The van der Waals surface area contributed by atoms with Crippen LogP contribution in [0.25, 0.3) is 11.4 Å². The molecule has 27 heavy (non-hydrogen) atoms. The van der Waals surface area contributed by atoms with Crippen LogP contribution in [-0.4, -0.2) is 32.0 Å². The van der Waals surface area contributed by atoms with Crippen LogP contribution in [0.4, 0.5) is 0 Å². The van der Waals surface area contributed by atoms with Crippen LogP contribution in [0.5, 0.6) is 0 Å². The molecule has 0 bridgehead atoms. The van der Waals surface area contributed by atoms with E-state index < -0.39 is 0 Å². The molecule has 0 saturated heterocycles. The van der Waals surface area contributed by atoms with E-state index in [1.807, 2.05) is 35.8 Å². The third kappa shape index (κ3) is 4.85. The van der Waals surface area contributed by atoms with E-state index in [9.17, 15) is 4.79 Å². The molecule has 1 aromatic heterocycles. The monoisotopic (exact) mass is 406 g/mol. The number of aromatic nitrogens is 3. The van der Waals surface area contributed by atoms with Crippen molar-refractivity contribution in [3.05, 3.63) is 29.3 Å². The van der Waals surface area contributed by atoms with Gasteiger partial charge in [-0.1, -0.05) is 43.1 Å². The number of hydrogen-bond donors (Lipinski definition) is 1. The molecule has 0 spiro atoms. The summed E-state index contributed by atoms with van der Waals surface area (Å²) >= 11 is 7.44. The molecule has 7 heteroatoms. The van der Waals surface area contributed by atoms with E-state index in [-0.39, 0.29) is 11.2 Å². The first kappa shape index (κ1) is 20.2. The minimum Gasteiger partial charge on any atom is -0.352 e. The number of nitrogens with zero attached hydrogens (tertiary/aromatic N) is 3. The molecule has 1 N–H and O–H groups in total. The number of carbonyl (C=O) groups excluding carboxylic acids is 1. The Hall–Kier alpha value is -1.53. The predicted molar refractivity (Wildman–Crippen MR) is 111 cm³/mol. The molecule has 3 rings (SSSR count). The molecule has 1 amide bonds. The van der Waals surface area contributed by atoms with E-state index in [2.05, 4.69) is 29.4 Å². The summed E-state index contributed by atoms with van der Waals surface area (Å²) in [6, 6.07) is 7.86. The van der Waals surface area contributed by atoms with Crippen molar-refractivity contribution in [2.75, 3.05) is 0 Å². The van der Waals surface area contributed by atoms with Gasteiger partial charge in [-0.2, -0.15) is 0 Å². The summed E-state index contributed by atoms with van der Waals surface area (Å²) in [7, 11) is 0. The predicted octanol–water partition coefficient (Wildman–Crippen LogP) is 4.79. The third-order valence-electron chi connectivity index (χ3n) is 5.23. The number of carbonyl (C=O) groups is 1. The van der Waals surface area contributed by atoms with Gasteiger partial charge < -0.3 is 9.88 Å². The van der Waals surface area contributed by atoms with Gasteiger partial charge in [0.2, 0.25) is 5.91 Å². The molecule has 146 valence electrons. The maximum Gasteiger partial charge on any atom is 0.233 e. The second kappa shape index (κ2) is 9.11. The first-order valence-corrected chi connectivity index (χ1v) is 10.9. The van der Waals surface area contributed by atoms with E-state index in [1.165, 1.54) is 31.0 Å². The number of rotatable bonds is 6. The molecule has 1 saturated carbocycles. The fourth-order valence-electron chi connectivity index (χ4n) is 3.52. The summed E-state index contributed by atoms with van der Waals surface area (Å²) < 4.78 is 2.04. The Bertz CT molecular complexity index is 777. The molecule has 5 nitrogen and oxygen atoms in total. The Kier molecular flexibility index (Phi) is 6.82. The normalized spacial score (nSPS) is 21.0. The van der Waals surface area contributed by atoms with E-state index in [4.69, 9.17) is 11.6 Å². The van der Waals surface area contributed by atoms with Crippen molar-refractivity contribution in [2.45, 2.75) is 69.4 Å². The number of amides is 1. The van der Waals surface area contributed by atoms with E-state index in [0.717, 1.165) is 29.5 Å². The molecule has 0 aliphatic heterocycles. The largest absolute Gasteiger partial charge is 0.352 e. The van der Waals surface area contributed by atoms with Gasteiger partial charge in [0.1, 0.15) is 0 Å². The zero-order valence-corrected chi connectivity index (χ0v) is 17.7. The van der Waals surface area contributed by atoms with Crippen molar-refractivity contribution in [1.82, 2.24) is 20.1 Å². The zero-order valence-electron chi connectivity index (χ0n) is 16.1. The number of halogens is 1. The van der Waals surface area contributed by atoms with Gasteiger partial charge in [0.25, 0.3) is 0 Å². The summed E-state index contributed by atoms with van der Waals surface area (Å²) in [6.45, 7) is 6.96. The number of benzene rings is 1. The number of nitrogens with one attached hydrogen (secondary N) is 1. The van der Waals surface area contributed by atoms with Gasteiger partial charge >= 0.3 is 0 Å². The van der Waals surface area contributed by atoms with Crippen molar-refractivity contribution in [3.8, 4) is 11.4 Å². The maximum atomic E-state index is 12.7. The lowest BCUT2D eigenvalue weighted by atomic mass is 9.86. The minimum atomic E-state index is -0.216. The molecule has 3 unspecified atom stereocenters. The van der Waals surface area contributed by atoms with Gasteiger partial charge in [-0.3, -0.25) is 4.79 Å². The van der Waals surface area contributed by atoms with Crippen molar-refractivity contribution in [1.29, 1.82) is 0 Å². The SMILES string of the molecule is CCn1c(SC(C)C(=O)NC2CCCCC2C)nnc1-c1ccc(Cl)cc1. The van der Waals surface area contributed by atoms with E-state index in [1.54, 1.807) is 0 Å². The molecule has 1 heterocycles. The Labute approximate surface area is 170 Å². The Balaban J connectivity index is 1.69. The Morgan fingerprint density at radius 1 is 1.30 bits per heavy atom. The average molecular weight is 407 g/mol. The quantitative estimate of drug-likeness (QED) is 0.700. The molecule has 2 aromatic rings. The molecule has 1 aromatic carbocycles. The lowest BCUT2D eigenvalue weighted by Crippen LogP contribution is -2.44. The molecule has 1 aliphatic rings. The average Bonchev–Trinajstić information content (AvgIpc) is 3.06. The molecular formula is C20H27ClN4OS. The zero-order chi connectivity index (χ0) is 19.4. The number of thioether (sulfide) groups is 1.